The smallest absolute Gasteiger partial charge is 0.253 e. The van der Waals surface area contributed by atoms with Crippen LogP contribution in [0.15, 0.2) is 23.1 Å². The fraction of sp³-hybridized carbons (Fsp3) is 0.417. The summed E-state index contributed by atoms with van der Waals surface area (Å²) < 4.78 is 0. The van der Waals surface area contributed by atoms with Gasteiger partial charge in [-0.15, -0.1) is 12.6 Å². The van der Waals surface area contributed by atoms with Crippen molar-refractivity contribution in [2.24, 2.45) is 5.92 Å². The summed E-state index contributed by atoms with van der Waals surface area (Å²) in [6.07, 6.45) is 2.20. The third-order valence-corrected chi connectivity index (χ3v) is 3.57. The number of nitrogens with one attached hydrogen (secondary N) is 1. The minimum Gasteiger partial charge on any atom is -0.349 e. The number of thiol groups is 1. The molecule has 1 aromatic rings. The second-order valence-corrected chi connectivity index (χ2v) is 5.07. The van der Waals surface area contributed by atoms with E-state index < -0.39 is 0 Å². The molecular formula is C12H14ClNOS. The number of carbonyl (C=O) groups excluding carboxylic acids is 1. The lowest BCUT2D eigenvalue weighted by atomic mass is 10.2. The van der Waals surface area contributed by atoms with Gasteiger partial charge in [0.2, 0.25) is 0 Å². The highest BCUT2D eigenvalue weighted by atomic mass is 35.5. The molecule has 2 unspecified atom stereocenters. The Morgan fingerprint density at radius 1 is 1.62 bits per heavy atom. The summed E-state index contributed by atoms with van der Waals surface area (Å²) in [6.45, 7) is 2.14. The second-order valence-electron chi connectivity index (χ2n) is 4.15. The summed E-state index contributed by atoms with van der Waals surface area (Å²) in [5, 5.41) is 3.46. The Morgan fingerprint density at radius 2 is 2.38 bits per heavy atom. The molecule has 86 valence electrons. The van der Waals surface area contributed by atoms with Gasteiger partial charge in [0.15, 0.2) is 0 Å². The molecule has 1 aromatic carbocycles. The molecule has 0 heterocycles. The molecule has 1 fully saturated rings. The Hall–Kier alpha value is -0.670. The molecule has 1 amide bonds. The van der Waals surface area contributed by atoms with Gasteiger partial charge in [-0.2, -0.15) is 0 Å². The molecule has 1 saturated carbocycles. The van der Waals surface area contributed by atoms with Crippen LogP contribution in [0, 0.1) is 5.92 Å². The Kier molecular flexibility index (Phi) is 3.45. The Morgan fingerprint density at radius 3 is 3.00 bits per heavy atom. The van der Waals surface area contributed by atoms with Gasteiger partial charge < -0.3 is 5.32 Å². The van der Waals surface area contributed by atoms with Crippen LogP contribution in [0.4, 0.5) is 0 Å². The molecule has 1 aliphatic carbocycles. The minimum absolute atomic E-state index is 0.0955. The molecule has 0 spiro atoms. The van der Waals surface area contributed by atoms with Crippen LogP contribution in [-0.4, -0.2) is 11.9 Å². The van der Waals surface area contributed by atoms with Gasteiger partial charge >= 0.3 is 0 Å². The highest BCUT2D eigenvalue weighted by Crippen LogP contribution is 2.33. The zero-order valence-electron chi connectivity index (χ0n) is 9.03. The van der Waals surface area contributed by atoms with E-state index >= 15 is 0 Å². The van der Waals surface area contributed by atoms with E-state index in [2.05, 4.69) is 24.9 Å². The summed E-state index contributed by atoms with van der Waals surface area (Å²) in [5.41, 5.74) is 0.510. The highest BCUT2D eigenvalue weighted by molar-refractivity contribution is 7.80. The zero-order valence-corrected chi connectivity index (χ0v) is 10.7. The number of hydrogen-bond donors (Lipinski definition) is 2. The third-order valence-electron chi connectivity index (χ3n) is 2.96. The lowest BCUT2D eigenvalue weighted by Crippen LogP contribution is -2.27. The summed E-state index contributed by atoms with van der Waals surface area (Å²) in [6, 6.07) is 5.50. The molecule has 16 heavy (non-hydrogen) atoms. The first-order valence-electron chi connectivity index (χ1n) is 5.41. The van der Waals surface area contributed by atoms with E-state index in [4.69, 9.17) is 11.6 Å². The molecular weight excluding hydrogens is 242 g/mol. The zero-order chi connectivity index (χ0) is 11.7. The van der Waals surface area contributed by atoms with E-state index in [1.165, 1.54) is 0 Å². The van der Waals surface area contributed by atoms with Crippen LogP contribution in [0.5, 0.6) is 0 Å². The first-order valence-corrected chi connectivity index (χ1v) is 6.23. The van der Waals surface area contributed by atoms with Crippen molar-refractivity contribution in [1.82, 2.24) is 5.32 Å². The lowest BCUT2D eigenvalue weighted by molar-refractivity contribution is 0.0949. The Bertz CT molecular complexity index is 421. The van der Waals surface area contributed by atoms with Gasteiger partial charge in [0.05, 0.1) is 10.6 Å². The summed E-state index contributed by atoms with van der Waals surface area (Å²) >= 11 is 10.2. The van der Waals surface area contributed by atoms with E-state index in [0.717, 1.165) is 17.7 Å². The van der Waals surface area contributed by atoms with Crippen molar-refractivity contribution in [3.05, 3.63) is 28.8 Å². The highest BCUT2D eigenvalue weighted by Gasteiger charge is 2.36. The van der Waals surface area contributed by atoms with E-state index in [9.17, 15) is 4.79 Å². The molecule has 0 aliphatic heterocycles. The van der Waals surface area contributed by atoms with Crippen LogP contribution >= 0.6 is 24.2 Å². The minimum atomic E-state index is -0.0955. The summed E-state index contributed by atoms with van der Waals surface area (Å²) in [7, 11) is 0. The largest absolute Gasteiger partial charge is 0.349 e. The van der Waals surface area contributed by atoms with E-state index in [-0.39, 0.29) is 5.91 Å². The van der Waals surface area contributed by atoms with Gasteiger partial charge in [0.1, 0.15) is 0 Å². The van der Waals surface area contributed by atoms with Crippen molar-refractivity contribution in [1.29, 1.82) is 0 Å². The van der Waals surface area contributed by atoms with Crippen molar-refractivity contribution in [3.8, 4) is 0 Å². The molecule has 0 radical (unpaired) electrons. The van der Waals surface area contributed by atoms with Crippen molar-refractivity contribution in [3.63, 3.8) is 0 Å². The molecule has 1 N–H and O–H groups in total. The molecule has 2 rings (SSSR count). The van der Waals surface area contributed by atoms with Gasteiger partial charge in [-0.3, -0.25) is 4.79 Å². The van der Waals surface area contributed by atoms with Crippen molar-refractivity contribution >= 4 is 30.1 Å². The molecule has 0 bridgehead atoms. The molecule has 1 aliphatic rings. The van der Waals surface area contributed by atoms with Crippen LogP contribution in [-0.2, 0) is 0 Å². The topological polar surface area (TPSA) is 29.1 Å². The van der Waals surface area contributed by atoms with Gasteiger partial charge in [-0.1, -0.05) is 24.9 Å². The van der Waals surface area contributed by atoms with Gasteiger partial charge in [0, 0.05) is 10.9 Å². The molecule has 4 heteroatoms. The second kappa shape index (κ2) is 4.68. The Labute approximate surface area is 106 Å². The number of hydrogen-bond acceptors (Lipinski definition) is 2. The van der Waals surface area contributed by atoms with E-state index in [1.54, 1.807) is 18.2 Å². The normalized spacial score (nSPS) is 22.9. The number of rotatable bonds is 3. The number of carbonyl (C=O) groups is 1. The van der Waals surface area contributed by atoms with E-state index in [0.29, 0.717) is 22.5 Å². The average Bonchev–Trinajstić information content (AvgIpc) is 3.00. The lowest BCUT2D eigenvalue weighted by Gasteiger charge is -2.06. The fourth-order valence-electron chi connectivity index (χ4n) is 1.81. The molecule has 2 atom stereocenters. The van der Waals surface area contributed by atoms with Crippen molar-refractivity contribution < 1.29 is 4.79 Å². The maximum atomic E-state index is 11.9. The number of benzene rings is 1. The predicted molar refractivity (Wildman–Crippen MR) is 68.4 cm³/mol. The first-order chi connectivity index (χ1) is 7.61. The van der Waals surface area contributed by atoms with Gasteiger partial charge in [-0.25, -0.2) is 0 Å². The van der Waals surface area contributed by atoms with Crippen LogP contribution in [0.3, 0.4) is 0 Å². The standard InChI is InChI=1S/C12H14ClNOS/c1-2-7-5-11(7)14-12(15)9-6-8(16)3-4-10(9)13/h3-4,6-7,11,16H,2,5H2,1H3,(H,14,15). The molecule has 2 nitrogen and oxygen atoms in total. The van der Waals surface area contributed by atoms with Crippen LogP contribution in [0.1, 0.15) is 30.1 Å². The number of amides is 1. The van der Waals surface area contributed by atoms with E-state index in [1.807, 2.05) is 0 Å². The molecule has 0 aromatic heterocycles. The Balaban J connectivity index is 2.06. The monoisotopic (exact) mass is 255 g/mol. The SMILES string of the molecule is CCC1CC1NC(=O)c1cc(S)ccc1Cl. The maximum absolute atomic E-state index is 11.9. The first kappa shape index (κ1) is 11.8. The van der Waals surface area contributed by atoms with Crippen LogP contribution < -0.4 is 5.32 Å². The summed E-state index contributed by atoms with van der Waals surface area (Å²) in [4.78, 5) is 12.6. The fourth-order valence-corrected chi connectivity index (χ4v) is 2.22. The van der Waals surface area contributed by atoms with Crippen LogP contribution in [0.25, 0.3) is 0 Å². The van der Waals surface area contributed by atoms with Crippen molar-refractivity contribution in [2.45, 2.75) is 30.7 Å². The maximum Gasteiger partial charge on any atom is 0.253 e. The van der Waals surface area contributed by atoms with Crippen LogP contribution in [0.2, 0.25) is 5.02 Å². The van der Waals surface area contributed by atoms with Gasteiger partial charge in [0.25, 0.3) is 5.91 Å². The van der Waals surface area contributed by atoms with Gasteiger partial charge in [-0.05, 0) is 30.5 Å². The summed E-state index contributed by atoms with van der Waals surface area (Å²) in [5.74, 6) is 0.545. The van der Waals surface area contributed by atoms with Crippen molar-refractivity contribution in [2.75, 3.05) is 0 Å². The molecule has 0 saturated heterocycles. The quantitative estimate of drug-likeness (QED) is 0.799. The third kappa shape index (κ3) is 2.53. The predicted octanol–water partition coefficient (Wildman–Crippen LogP) is 3.16. The number of halogens is 1. The average molecular weight is 256 g/mol.